The summed E-state index contributed by atoms with van der Waals surface area (Å²) in [5.74, 6) is 0.756. The van der Waals surface area contributed by atoms with Gasteiger partial charge in [0.25, 0.3) is 0 Å². The molecule has 1 saturated heterocycles. The molecule has 2 aromatic rings. The van der Waals surface area contributed by atoms with Crippen molar-refractivity contribution >= 4 is 21.4 Å². The Bertz CT molecular complexity index is 468. The fourth-order valence-corrected chi connectivity index (χ4v) is 3.34. The van der Waals surface area contributed by atoms with Gasteiger partial charge in [-0.25, -0.2) is 0 Å². The number of hydrogen-bond acceptors (Lipinski definition) is 2. The molecule has 0 amide bonds. The zero-order valence-corrected chi connectivity index (χ0v) is 9.03. The molecule has 0 spiro atoms. The average Bonchev–Trinajstić information content (AvgIpc) is 2.41. The average molecular weight is 203 g/mol. The van der Waals surface area contributed by atoms with Crippen molar-refractivity contribution in [2.24, 2.45) is 0 Å². The predicted molar refractivity (Wildman–Crippen MR) is 62.2 cm³/mol. The van der Waals surface area contributed by atoms with Gasteiger partial charge in [0.2, 0.25) is 0 Å². The van der Waals surface area contributed by atoms with Gasteiger partial charge in [-0.05, 0) is 23.9 Å². The standard InChI is InChI=1S/C12H13NS/c1-8-12(9-6-13-7-9)10-4-2-3-5-11(10)14-8/h2-5,9,13H,6-7H2,1H3. The summed E-state index contributed by atoms with van der Waals surface area (Å²) in [4.78, 5) is 1.50. The fourth-order valence-electron chi connectivity index (χ4n) is 2.19. The topological polar surface area (TPSA) is 12.0 Å². The van der Waals surface area contributed by atoms with Crippen molar-refractivity contribution in [3.8, 4) is 0 Å². The molecule has 0 radical (unpaired) electrons. The van der Waals surface area contributed by atoms with Crippen LogP contribution in [0, 0.1) is 6.92 Å². The van der Waals surface area contributed by atoms with Crippen LogP contribution in [0.25, 0.3) is 10.1 Å². The maximum absolute atomic E-state index is 3.35. The van der Waals surface area contributed by atoms with E-state index in [0.29, 0.717) is 0 Å². The van der Waals surface area contributed by atoms with Crippen molar-refractivity contribution in [2.45, 2.75) is 12.8 Å². The third-order valence-electron chi connectivity index (χ3n) is 3.01. The fraction of sp³-hybridized carbons (Fsp3) is 0.333. The molecule has 0 atom stereocenters. The summed E-state index contributed by atoms with van der Waals surface area (Å²) in [6.07, 6.45) is 0. The van der Waals surface area contributed by atoms with Crippen molar-refractivity contribution in [2.75, 3.05) is 13.1 Å². The molecule has 2 heterocycles. The minimum atomic E-state index is 0.756. The number of aryl methyl sites for hydroxylation is 1. The first-order valence-electron chi connectivity index (χ1n) is 5.05. The van der Waals surface area contributed by atoms with Gasteiger partial charge in [0, 0.05) is 28.6 Å². The lowest BCUT2D eigenvalue weighted by molar-refractivity contribution is 0.450. The monoisotopic (exact) mass is 203 g/mol. The minimum absolute atomic E-state index is 0.756. The molecule has 0 unspecified atom stereocenters. The summed E-state index contributed by atoms with van der Waals surface area (Å²) in [6, 6.07) is 8.75. The molecule has 14 heavy (non-hydrogen) atoms. The van der Waals surface area contributed by atoms with E-state index in [-0.39, 0.29) is 0 Å². The highest BCUT2D eigenvalue weighted by Gasteiger charge is 2.23. The molecule has 2 heteroatoms. The van der Waals surface area contributed by atoms with E-state index in [4.69, 9.17) is 0 Å². The molecule has 1 aliphatic heterocycles. The summed E-state index contributed by atoms with van der Waals surface area (Å²) in [6.45, 7) is 4.56. The summed E-state index contributed by atoms with van der Waals surface area (Å²) < 4.78 is 1.44. The Balaban J connectivity index is 2.24. The Morgan fingerprint density at radius 2 is 2.07 bits per heavy atom. The van der Waals surface area contributed by atoms with Crippen LogP contribution in [0.4, 0.5) is 0 Å². The van der Waals surface area contributed by atoms with Crippen molar-refractivity contribution in [1.82, 2.24) is 5.32 Å². The molecule has 1 nitrogen and oxygen atoms in total. The molecule has 72 valence electrons. The molecule has 1 aromatic heterocycles. The third-order valence-corrected chi connectivity index (χ3v) is 4.11. The molecule has 0 aliphatic carbocycles. The van der Waals surface area contributed by atoms with E-state index in [9.17, 15) is 0 Å². The molecule has 1 aromatic carbocycles. The van der Waals surface area contributed by atoms with Crippen LogP contribution in [-0.4, -0.2) is 13.1 Å². The summed E-state index contributed by atoms with van der Waals surface area (Å²) >= 11 is 1.93. The highest BCUT2D eigenvalue weighted by molar-refractivity contribution is 7.19. The van der Waals surface area contributed by atoms with E-state index in [1.54, 1.807) is 5.56 Å². The Morgan fingerprint density at radius 1 is 1.29 bits per heavy atom. The molecule has 3 rings (SSSR count). The zero-order valence-electron chi connectivity index (χ0n) is 8.21. The van der Waals surface area contributed by atoms with E-state index in [0.717, 1.165) is 19.0 Å². The number of thiophene rings is 1. The van der Waals surface area contributed by atoms with Gasteiger partial charge in [-0.15, -0.1) is 11.3 Å². The minimum Gasteiger partial charge on any atom is -0.315 e. The van der Waals surface area contributed by atoms with Gasteiger partial charge >= 0.3 is 0 Å². The Kier molecular flexibility index (Phi) is 1.85. The summed E-state index contributed by atoms with van der Waals surface area (Å²) in [5.41, 5.74) is 1.59. The molecular weight excluding hydrogens is 190 g/mol. The second-order valence-corrected chi connectivity index (χ2v) is 5.18. The predicted octanol–water partition coefficient (Wildman–Crippen LogP) is 2.90. The third kappa shape index (κ3) is 1.11. The van der Waals surface area contributed by atoms with Crippen molar-refractivity contribution in [3.05, 3.63) is 34.7 Å². The first-order valence-corrected chi connectivity index (χ1v) is 5.86. The molecular formula is C12H13NS. The SMILES string of the molecule is Cc1sc2ccccc2c1C1CNC1. The van der Waals surface area contributed by atoms with Crippen molar-refractivity contribution in [3.63, 3.8) is 0 Å². The maximum Gasteiger partial charge on any atom is 0.0348 e. The van der Waals surface area contributed by atoms with Gasteiger partial charge in [-0.2, -0.15) is 0 Å². The molecule has 1 aliphatic rings. The van der Waals surface area contributed by atoms with Gasteiger partial charge in [-0.1, -0.05) is 18.2 Å². The van der Waals surface area contributed by atoms with Crippen molar-refractivity contribution < 1.29 is 0 Å². The number of benzene rings is 1. The van der Waals surface area contributed by atoms with Crippen LogP contribution in [0.5, 0.6) is 0 Å². The maximum atomic E-state index is 3.35. The summed E-state index contributed by atoms with van der Waals surface area (Å²) in [7, 11) is 0. The number of rotatable bonds is 1. The molecule has 0 saturated carbocycles. The van der Waals surface area contributed by atoms with Gasteiger partial charge in [0.15, 0.2) is 0 Å². The first-order chi connectivity index (χ1) is 6.86. The quantitative estimate of drug-likeness (QED) is 0.751. The van der Waals surface area contributed by atoms with E-state index in [1.165, 1.54) is 15.0 Å². The highest BCUT2D eigenvalue weighted by atomic mass is 32.1. The van der Waals surface area contributed by atoms with Crippen LogP contribution < -0.4 is 5.32 Å². The van der Waals surface area contributed by atoms with E-state index in [2.05, 4.69) is 36.5 Å². The largest absolute Gasteiger partial charge is 0.315 e. The Hall–Kier alpha value is -0.860. The van der Waals surface area contributed by atoms with Crippen LogP contribution in [0.1, 0.15) is 16.4 Å². The van der Waals surface area contributed by atoms with Crippen LogP contribution in [0.3, 0.4) is 0 Å². The Labute approximate surface area is 87.8 Å². The highest BCUT2D eigenvalue weighted by Crippen LogP contribution is 2.36. The second-order valence-electron chi connectivity index (χ2n) is 3.92. The number of nitrogens with one attached hydrogen (secondary N) is 1. The van der Waals surface area contributed by atoms with E-state index < -0.39 is 0 Å². The normalized spacial score (nSPS) is 17.2. The second kappa shape index (κ2) is 3.07. The zero-order chi connectivity index (χ0) is 9.54. The smallest absolute Gasteiger partial charge is 0.0348 e. The lowest BCUT2D eigenvalue weighted by Gasteiger charge is -2.27. The van der Waals surface area contributed by atoms with Crippen LogP contribution in [0.15, 0.2) is 24.3 Å². The number of hydrogen-bond donors (Lipinski definition) is 1. The lowest BCUT2D eigenvalue weighted by atomic mass is 9.91. The molecule has 0 bridgehead atoms. The van der Waals surface area contributed by atoms with E-state index >= 15 is 0 Å². The Morgan fingerprint density at radius 3 is 2.79 bits per heavy atom. The lowest BCUT2D eigenvalue weighted by Crippen LogP contribution is -2.40. The van der Waals surface area contributed by atoms with Crippen molar-refractivity contribution in [1.29, 1.82) is 0 Å². The van der Waals surface area contributed by atoms with Gasteiger partial charge < -0.3 is 5.32 Å². The molecule has 1 N–H and O–H groups in total. The van der Waals surface area contributed by atoms with Gasteiger partial charge in [0.05, 0.1) is 0 Å². The summed E-state index contributed by atoms with van der Waals surface area (Å²) in [5, 5.41) is 4.82. The first kappa shape index (κ1) is 8.45. The van der Waals surface area contributed by atoms with Gasteiger partial charge in [0.1, 0.15) is 0 Å². The van der Waals surface area contributed by atoms with Crippen LogP contribution >= 0.6 is 11.3 Å². The van der Waals surface area contributed by atoms with Gasteiger partial charge in [-0.3, -0.25) is 0 Å². The van der Waals surface area contributed by atoms with E-state index in [1.807, 2.05) is 11.3 Å². The van der Waals surface area contributed by atoms with Crippen LogP contribution in [-0.2, 0) is 0 Å². The molecule has 1 fully saturated rings. The van der Waals surface area contributed by atoms with Crippen LogP contribution in [0.2, 0.25) is 0 Å². The number of fused-ring (bicyclic) bond motifs is 1.